The Morgan fingerprint density at radius 2 is 1.61 bits per heavy atom. The fourth-order valence-corrected chi connectivity index (χ4v) is 1.99. The van der Waals surface area contributed by atoms with Crippen molar-refractivity contribution in [1.29, 1.82) is 0 Å². The van der Waals surface area contributed by atoms with Gasteiger partial charge in [0.05, 0.1) is 0 Å². The SMILES string of the molecule is CC(=Cc1ccc(-c2ccc(O)c(O)c2)cc1)C(=O)N=C(N)N. The molecule has 118 valence electrons. The number of amides is 1. The summed E-state index contributed by atoms with van der Waals surface area (Å²) in [6, 6.07) is 11.9. The van der Waals surface area contributed by atoms with Crippen molar-refractivity contribution in [2.75, 3.05) is 0 Å². The molecule has 0 radical (unpaired) electrons. The highest BCUT2D eigenvalue weighted by atomic mass is 16.3. The van der Waals surface area contributed by atoms with E-state index in [0.717, 1.165) is 16.7 Å². The molecule has 0 saturated heterocycles. The van der Waals surface area contributed by atoms with E-state index in [4.69, 9.17) is 11.5 Å². The van der Waals surface area contributed by atoms with Crippen LogP contribution in [0, 0.1) is 0 Å². The van der Waals surface area contributed by atoms with E-state index in [1.807, 2.05) is 24.3 Å². The van der Waals surface area contributed by atoms with Gasteiger partial charge in [0.2, 0.25) is 0 Å². The molecule has 0 aliphatic heterocycles. The number of aromatic hydroxyl groups is 2. The minimum Gasteiger partial charge on any atom is -0.504 e. The van der Waals surface area contributed by atoms with Gasteiger partial charge in [-0.1, -0.05) is 30.3 Å². The third kappa shape index (κ3) is 4.10. The molecule has 23 heavy (non-hydrogen) atoms. The molecule has 0 heterocycles. The third-order valence-electron chi connectivity index (χ3n) is 3.17. The first-order valence-corrected chi connectivity index (χ1v) is 6.81. The van der Waals surface area contributed by atoms with Crippen molar-refractivity contribution in [3.8, 4) is 22.6 Å². The Kier molecular flexibility index (Phi) is 4.66. The monoisotopic (exact) mass is 311 g/mol. The van der Waals surface area contributed by atoms with E-state index in [1.54, 1.807) is 19.1 Å². The molecule has 2 rings (SSSR count). The van der Waals surface area contributed by atoms with Crippen molar-refractivity contribution in [3.05, 3.63) is 53.6 Å². The first-order valence-electron chi connectivity index (χ1n) is 6.81. The van der Waals surface area contributed by atoms with Crippen molar-refractivity contribution in [2.24, 2.45) is 16.5 Å². The summed E-state index contributed by atoms with van der Waals surface area (Å²) < 4.78 is 0. The average molecular weight is 311 g/mol. The molecule has 1 amide bonds. The van der Waals surface area contributed by atoms with Gasteiger partial charge in [0, 0.05) is 5.57 Å². The van der Waals surface area contributed by atoms with Crippen LogP contribution in [0.2, 0.25) is 0 Å². The molecule has 6 nitrogen and oxygen atoms in total. The maximum Gasteiger partial charge on any atom is 0.275 e. The quantitative estimate of drug-likeness (QED) is 0.299. The summed E-state index contributed by atoms with van der Waals surface area (Å²) in [5.41, 5.74) is 13.2. The van der Waals surface area contributed by atoms with Crippen LogP contribution in [-0.2, 0) is 4.79 Å². The van der Waals surface area contributed by atoms with E-state index in [-0.39, 0.29) is 17.5 Å². The second kappa shape index (κ2) is 6.65. The van der Waals surface area contributed by atoms with Gasteiger partial charge in [-0.15, -0.1) is 0 Å². The van der Waals surface area contributed by atoms with E-state index in [9.17, 15) is 15.0 Å². The normalized spacial score (nSPS) is 11.1. The molecule has 2 aromatic rings. The molecular formula is C17H17N3O3. The largest absolute Gasteiger partial charge is 0.504 e. The van der Waals surface area contributed by atoms with Crippen molar-refractivity contribution in [1.82, 2.24) is 0 Å². The summed E-state index contributed by atoms with van der Waals surface area (Å²) >= 11 is 0. The molecule has 2 aromatic carbocycles. The number of carbonyl (C=O) groups is 1. The molecule has 0 aliphatic carbocycles. The number of rotatable bonds is 3. The maximum atomic E-state index is 11.6. The number of hydrogen-bond acceptors (Lipinski definition) is 3. The van der Waals surface area contributed by atoms with Gasteiger partial charge >= 0.3 is 0 Å². The minimum atomic E-state index is -0.488. The number of guanidine groups is 1. The zero-order valence-corrected chi connectivity index (χ0v) is 12.5. The summed E-state index contributed by atoms with van der Waals surface area (Å²) in [5.74, 6) is -1.10. The predicted molar refractivity (Wildman–Crippen MR) is 89.7 cm³/mol. The fraction of sp³-hybridized carbons (Fsp3) is 0.0588. The highest BCUT2D eigenvalue weighted by molar-refractivity contribution is 6.03. The maximum absolute atomic E-state index is 11.6. The van der Waals surface area contributed by atoms with Gasteiger partial charge in [-0.05, 0) is 41.8 Å². The van der Waals surface area contributed by atoms with Gasteiger partial charge in [0.25, 0.3) is 5.91 Å². The Bertz CT molecular complexity index is 789. The van der Waals surface area contributed by atoms with E-state index in [0.29, 0.717) is 5.57 Å². The topological polar surface area (TPSA) is 122 Å². The Morgan fingerprint density at radius 1 is 1.00 bits per heavy atom. The smallest absolute Gasteiger partial charge is 0.275 e. The molecule has 0 fully saturated rings. The van der Waals surface area contributed by atoms with Crippen LogP contribution < -0.4 is 11.5 Å². The highest BCUT2D eigenvalue weighted by Crippen LogP contribution is 2.30. The Labute approximate surface area is 133 Å². The molecule has 0 aromatic heterocycles. The summed E-state index contributed by atoms with van der Waals surface area (Å²) in [6.07, 6.45) is 1.67. The minimum absolute atomic E-state index is 0.165. The molecule has 0 bridgehead atoms. The lowest BCUT2D eigenvalue weighted by Crippen LogP contribution is -2.24. The van der Waals surface area contributed by atoms with Crippen molar-refractivity contribution >= 4 is 17.9 Å². The van der Waals surface area contributed by atoms with Gasteiger partial charge in [-0.25, -0.2) is 0 Å². The first-order chi connectivity index (χ1) is 10.9. The number of aliphatic imine (C=N–C) groups is 1. The van der Waals surface area contributed by atoms with E-state index in [2.05, 4.69) is 4.99 Å². The fourth-order valence-electron chi connectivity index (χ4n) is 1.99. The zero-order valence-electron chi connectivity index (χ0n) is 12.5. The van der Waals surface area contributed by atoms with Crippen LogP contribution in [0.15, 0.2) is 53.0 Å². The molecule has 6 N–H and O–H groups in total. The number of nitrogens with two attached hydrogens (primary N) is 2. The lowest BCUT2D eigenvalue weighted by Gasteiger charge is -2.05. The Hall–Kier alpha value is -3.28. The average Bonchev–Trinajstić information content (AvgIpc) is 2.50. The van der Waals surface area contributed by atoms with Crippen molar-refractivity contribution in [3.63, 3.8) is 0 Å². The predicted octanol–water partition coefficient (Wildman–Crippen LogP) is 1.97. The van der Waals surface area contributed by atoms with Gasteiger partial charge in [0.1, 0.15) is 0 Å². The van der Waals surface area contributed by atoms with Crippen LogP contribution in [0.5, 0.6) is 11.5 Å². The number of carbonyl (C=O) groups excluding carboxylic acids is 1. The Balaban J connectivity index is 2.24. The summed E-state index contributed by atoms with van der Waals surface area (Å²) in [4.78, 5) is 15.1. The number of phenols is 2. The van der Waals surface area contributed by atoms with Gasteiger partial charge < -0.3 is 21.7 Å². The van der Waals surface area contributed by atoms with Crippen LogP contribution in [-0.4, -0.2) is 22.1 Å². The lowest BCUT2D eigenvalue weighted by atomic mass is 10.0. The number of nitrogens with zero attached hydrogens (tertiary/aromatic N) is 1. The highest BCUT2D eigenvalue weighted by Gasteiger charge is 2.05. The summed E-state index contributed by atoms with van der Waals surface area (Å²) in [7, 11) is 0. The van der Waals surface area contributed by atoms with Crippen molar-refractivity contribution in [2.45, 2.75) is 6.92 Å². The Morgan fingerprint density at radius 3 is 2.17 bits per heavy atom. The van der Waals surface area contributed by atoms with E-state index in [1.165, 1.54) is 12.1 Å². The van der Waals surface area contributed by atoms with Gasteiger partial charge in [-0.2, -0.15) is 4.99 Å². The summed E-state index contributed by atoms with van der Waals surface area (Å²) in [6.45, 7) is 1.63. The van der Waals surface area contributed by atoms with Crippen LogP contribution in [0.25, 0.3) is 17.2 Å². The van der Waals surface area contributed by atoms with Crippen LogP contribution in [0.3, 0.4) is 0 Å². The molecule has 0 atom stereocenters. The number of hydrogen-bond donors (Lipinski definition) is 4. The van der Waals surface area contributed by atoms with Gasteiger partial charge in [0.15, 0.2) is 17.5 Å². The molecular weight excluding hydrogens is 294 g/mol. The van der Waals surface area contributed by atoms with Crippen LogP contribution >= 0.6 is 0 Å². The third-order valence-corrected chi connectivity index (χ3v) is 3.17. The molecule has 0 unspecified atom stereocenters. The lowest BCUT2D eigenvalue weighted by molar-refractivity contribution is -0.114. The van der Waals surface area contributed by atoms with Crippen molar-refractivity contribution < 1.29 is 15.0 Å². The summed E-state index contributed by atoms with van der Waals surface area (Å²) in [5, 5.41) is 18.9. The van der Waals surface area contributed by atoms with Gasteiger partial charge in [-0.3, -0.25) is 4.79 Å². The van der Waals surface area contributed by atoms with E-state index >= 15 is 0 Å². The van der Waals surface area contributed by atoms with Crippen LogP contribution in [0.1, 0.15) is 12.5 Å². The second-order valence-corrected chi connectivity index (χ2v) is 4.99. The first kappa shape index (κ1) is 16.1. The van der Waals surface area contributed by atoms with Crippen LogP contribution in [0.4, 0.5) is 0 Å². The number of phenolic OH excluding ortho intramolecular Hbond substituents is 2. The van der Waals surface area contributed by atoms with E-state index < -0.39 is 5.91 Å². The number of benzene rings is 2. The molecule has 0 aliphatic rings. The second-order valence-electron chi connectivity index (χ2n) is 4.99. The zero-order chi connectivity index (χ0) is 17.0. The standard InChI is InChI=1S/C17H17N3O3/c1-10(16(23)20-17(18)19)8-11-2-4-12(5-3-11)13-6-7-14(21)15(22)9-13/h2-9,21-22H,1H3,(H4,18,19,20,23). The molecule has 0 spiro atoms. The molecule has 6 heteroatoms. The molecule has 0 saturated carbocycles.